The lowest BCUT2D eigenvalue weighted by Gasteiger charge is -2.28. The van der Waals surface area contributed by atoms with Gasteiger partial charge in [-0.05, 0) is 11.6 Å². The van der Waals surface area contributed by atoms with Gasteiger partial charge in [0.05, 0.1) is 14.2 Å². The molecule has 84 valence electrons. The van der Waals surface area contributed by atoms with Crippen LogP contribution in [0.2, 0.25) is 0 Å². The van der Waals surface area contributed by atoms with Crippen LogP contribution in [0.3, 0.4) is 0 Å². The van der Waals surface area contributed by atoms with Crippen LogP contribution in [0.25, 0.3) is 0 Å². The Kier molecular flexibility index (Phi) is 4.24. The fraction of sp³-hybridized carbons (Fsp3) is 0.455. The highest BCUT2D eigenvalue weighted by molar-refractivity contribution is 5.85. The number of hydrogen-bond donors (Lipinski definition) is 1. The summed E-state index contributed by atoms with van der Waals surface area (Å²) in [6.45, 7) is 2.09. The van der Waals surface area contributed by atoms with Crippen molar-refractivity contribution in [3.63, 3.8) is 0 Å². The van der Waals surface area contributed by atoms with Crippen molar-refractivity contribution in [2.24, 2.45) is 0 Å². The molecule has 0 aliphatic carbocycles. The lowest BCUT2D eigenvalue weighted by Crippen LogP contribution is -2.40. The van der Waals surface area contributed by atoms with Crippen molar-refractivity contribution in [2.75, 3.05) is 27.3 Å². The zero-order chi connectivity index (χ0) is 9.97. The quantitative estimate of drug-likeness (QED) is 0.858. The van der Waals surface area contributed by atoms with Crippen LogP contribution in [-0.2, 0) is 0 Å². The molecule has 0 atom stereocenters. The Hall–Kier alpha value is -0.930. The van der Waals surface area contributed by atoms with Crippen molar-refractivity contribution >= 4 is 12.4 Å². The van der Waals surface area contributed by atoms with E-state index in [4.69, 9.17) is 9.47 Å². The third-order valence-electron chi connectivity index (χ3n) is 2.66. The van der Waals surface area contributed by atoms with Crippen LogP contribution in [0.15, 0.2) is 18.2 Å². The van der Waals surface area contributed by atoms with Gasteiger partial charge >= 0.3 is 0 Å². The summed E-state index contributed by atoms with van der Waals surface area (Å²) in [6.07, 6.45) is 0. The van der Waals surface area contributed by atoms with Crippen molar-refractivity contribution in [2.45, 2.75) is 5.92 Å². The van der Waals surface area contributed by atoms with Crippen LogP contribution in [0.5, 0.6) is 11.5 Å². The predicted molar refractivity (Wildman–Crippen MR) is 62.4 cm³/mol. The van der Waals surface area contributed by atoms with Gasteiger partial charge in [-0.2, -0.15) is 0 Å². The van der Waals surface area contributed by atoms with E-state index in [1.807, 2.05) is 12.1 Å². The van der Waals surface area contributed by atoms with Gasteiger partial charge in [0.2, 0.25) is 0 Å². The van der Waals surface area contributed by atoms with E-state index in [2.05, 4.69) is 11.4 Å². The minimum Gasteiger partial charge on any atom is -0.497 e. The van der Waals surface area contributed by atoms with E-state index in [0.717, 1.165) is 24.6 Å². The smallest absolute Gasteiger partial charge is 0.126 e. The van der Waals surface area contributed by atoms with Crippen LogP contribution >= 0.6 is 12.4 Å². The van der Waals surface area contributed by atoms with Crippen molar-refractivity contribution in [1.29, 1.82) is 0 Å². The fourth-order valence-corrected chi connectivity index (χ4v) is 1.66. The highest BCUT2D eigenvalue weighted by atomic mass is 35.5. The third kappa shape index (κ3) is 2.36. The minimum absolute atomic E-state index is 0. The molecule has 0 amide bonds. The molecule has 2 rings (SSSR count). The summed E-state index contributed by atoms with van der Waals surface area (Å²) in [5, 5.41) is 3.25. The molecular weight excluding hydrogens is 214 g/mol. The molecule has 0 unspecified atom stereocenters. The van der Waals surface area contributed by atoms with Crippen LogP contribution in [0, 0.1) is 0 Å². The Morgan fingerprint density at radius 1 is 1.20 bits per heavy atom. The second-order valence-corrected chi connectivity index (χ2v) is 3.46. The van der Waals surface area contributed by atoms with E-state index in [1.54, 1.807) is 14.2 Å². The molecule has 0 radical (unpaired) electrons. The number of hydrogen-bond acceptors (Lipinski definition) is 3. The van der Waals surface area contributed by atoms with Gasteiger partial charge in [0.25, 0.3) is 0 Å². The molecule has 0 saturated carbocycles. The van der Waals surface area contributed by atoms with E-state index in [1.165, 1.54) is 5.56 Å². The molecule has 1 fully saturated rings. The van der Waals surface area contributed by atoms with Gasteiger partial charge in [-0.25, -0.2) is 0 Å². The topological polar surface area (TPSA) is 30.5 Å². The normalized spacial score (nSPS) is 15.1. The van der Waals surface area contributed by atoms with Crippen molar-refractivity contribution in [1.82, 2.24) is 5.32 Å². The highest BCUT2D eigenvalue weighted by Gasteiger charge is 2.22. The number of nitrogens with one attached hydrogen (secondary N) is 1. The average Bonchev–Trinajstić information content (AvgIpc) is 2.16. The van der Waals surface area contributed by atoms with Crippen LogP contribution in [0.1, 0.15) is 11.5 Å². The number of halogens is 1. The summed E-state index contributed by atoms with van der Waals surface area (Å²) in [5.41, 5.74) is 1.27. The molecular formula is C11H16ClNO2. The standard InChI is InChI=1S/C11H15NO2.ClH/c1-13-9-3-4-10(8-6-12-7-8)11(5-9)14-2;/h3-5,8,12H,6-7H2,1-2H3;1H. The van der Waals surface area contributed by atoms with Gasteiger partial charge in [-0.3, -0.25) is 0 Å². The molecule has 1 heterocycles. The van der Waals surface area contributed by atoms with Crippen LogP contribution in [-0.4, -0.2) is 27.3 Å². The summed E-state index contributed by atoms with van der Waals surface area (Å²) in [6, 6.07) is 6.01. The maximum atomic E-state index is 5.34. The lowest BCUT2D eigenvalue weighted by atomic mass is 9.93. The molecule has 4 heteroatoms. The molecule has 1 aliphatic rings. The molecule has 1 aliphatic heterocycles. The van der Waals surface area contributed by atoms with E-state index in [9.17, 15) is 0 Å². The molecule has 0 bridgehead atoms. The first-order chi connectivity index (χ1) is 6.85. The Balaban J connectivity index is 0.00000112. The van der Waals surface area contributed by atoms with Crippen molar-refractivity contribution in [3.8, 4) is 11.5 Å². The van der Waals surface area contributed by atoms with Gasteiger partial charge in [-0.1, -0.05) is 6.07 Å². The van der Waals surface area contributed by atoms with E-state index >= 15 is 0 Å². The summed E-state index contributed by atoms with van der Waals surface area (Å²) < 4.78 is 10.5. The summed E-state index contributed by atoms with van der Waals surface area (Å²) in [5.74, 6) is 2.37. The Morgan fingerprint density at radius 2 is 1.93 bits per heavy atom. The van der Waals surface area contributed by atoms with E-state index < -0.39 is 0 Å². The maximum Gasteiger partial charge on any atom is 0.126 e. The zero-order valence-corrected chi connectivity index (χ0v) is 9.76. The molecule has 1 saturated heterocycles. The predicted octanol–water partition coefficient (Wildman–Crippen LogP) is 1.81. The van der Waals surface area contributed by atoms with Gasteiger partial charge in [0.15, 0.2) is 0 Å². The largest absolute Gasteiger partial charge is 0.497 e. The first-order valence-corrected chi connectivity index (χ1v) is 4.78. The second-order valence-electron chi connectivity index (χ2n) is 3.46. The number of methoxy groups -OCH3 is 2. The van der Waals surface area contributed by atoms with E-state index in [0.29, 0.717) is 5.92 Å². The van der Waals surface area contributed by atoms with Crippen LogP contribution < -0.4 is 14.8 Å². The highest BCUT2D eigenvalue weighted by Crippen LogP contribution is 2.32. The first kappa shape index (κ1) is 12.1. The molecule has 15 heavy (non-hydrogen) atoms. The number of benzene rings is 1. The Labute approximate surface area is 96.2 Å². The SMILES string of the molecule is COc1ccc(C2CNC2)c(OC)c1.Cl. The second kappa shape index (κ2) is 5.24. The third-order valence-corrected chi connectivity index (χ3v) is 2.66. The zero-order valence-electron chi connectivity index (χ0n) is 8.95. The average molecular weight is 230 g/mol. The van der Waals surface area contributed by atoms with Crippen molar-refractivity contribution in [3.05, 3.63) is 23.8 Å². The summed E-state index contributed by atoms with van der Waals surface area (Å²) in [7, 11) is 3.36. The Bertz CT molecular complexity index is 326. The number of ether oxygens (including phenoxy) is 2. The summed E-state index contributed by atoms with van der Waals surface area (Å²) in [4.78, 5) is 0. The van der Waals surface area contributed by atoms with Gasteiger partial charge in [0, 0.05) is 25.1 Å². The van der Waals surface area contributed by atoms with Gasteiger partial charge in [-0.15, -0.1) is 12.4 Å². The van der Waals surface area contributed by atoms with Crippen molar-refractivity contribution < 1.29 is 9.47 Å². The number of rotatable bonds is 3. The van der Waals surface area contributed by atoms with E-state index in [-0.39, 0.29) is 12.4 Å². The molecule has 1 aromatic rings. The van der Waals surface area contributed by atoms with Crippen LogP contribution in [0.4, 0.5) is 0 Å². The molecule has 3 nitrogen and oxygen atoms in total. The lowest BCUT2D eigenvalue weighted by molar-refractivity contribution is 0.375. The summed E-state index contributed by atoms with van der Waals surface area (Å²) >= 11 is 0. The first-order valence-electron chi connectivity index (χ1n) is 4.78. The van der Waals surface area contributed by atoms with Gasteiger partial charge < -0.3 is 14.8 Å². The van der Waals surface area contributed by atoms with Gasteiger partial charge in [0.1, 0.15) is 11.5 Å². The fourth-order valence-electron chi connectivity index (χ4n) is 1.66. The molecule has 0 spiro atoms. The molecule has 1 N–H and O–H groups in total. The monoisotopic (exact) mass is 229 g/mol. The Morgan fingerprint density at radius 3 is 2.40 bits per heavy atom. The minimum atomic E-state index is 0. The molecule has 1 aromatic carbocycles. The maximum absolute atomic E-state index is 5.34. The molecule has 0 aromatic heterocycles.